The molecule has 1 saturated carbocycles. The second kappa shape index (κ2) is 6.36. The zero-order valence-corrected chi connectivity index (χ0v) is 15.5. The number of hydrogen-bond acceptors (Lipinski definition) is 3. The molecule has 1 aliphatic carbocycles. The van der Waals surface area contributed by atoms with Gasteiger partial charge in [0.15, 0.2) is 0 Å². The van der Waals surface area contributed by atoms with Crippen LogP contribution >= 0.6 is 0 Å². The number of nitrogens with zero attached hydrogens (tertiary/aromatic N) is 1. The van der Waals surface area contributed by atoms with E-state index in [0.29, 0.717) is 11.3 Å². The Morgan fingerprint density at radius 1 is 1.22 bits per heavy atom. The molecule has 4 nitrogen and oxygen atoms in total. The second-order valence-corrected chi connectivity index (χ2v) is 9.25. The highest BCUT2D eigenvalue weighted by Crippen LogP contribution is 2.58. The summed E-state index contributed by atoms with van der Waals surface area (Å²) in [4.78, 5) is 15.2. The van der Waals surface area contributed by atoms with Crippen LogP contribution in [0.2, 0.25) is 0 Å². The van der Waals surface area contributed by atoms with Crippen LogP contribution < -0.4 is 10.6 Å². The number of piperidine rings is 2. The van der Waals surface area contributed by atoms with Crippen LogP contribution in [0.4, 0.5) is 0 Å². The number of carbonyl (C=O) groups is 1. The molecule has 2 N–H and O–H groups in total. The van der Waals surface area contributed by atoms with E-state index >= 15 is 0 Å². The van der Waals surface area contributed by atoms with Crippen molar-refractivity contribution >= 4 is 5.91 Å². The minimum absolute atomic E-state index is 0.0504. The first-order valence-electron chi connectivity index (χ1n) is 9.56. The van der Waals surface area contributed by atoms with Gasteiger partial charge in [-0.05, 0) is 69.9 Å². The van der Waals surface area contributed by atoms with Gasteiger partial charge in [-0.2, -0.15) is 0 Å². The van der Waals surface area contributed by atoms with Gasteiger partial charge in [0.2, 0.25) is 5.91 Å². The van der Waals surface area contributed by atoms with Gasteiger partial charge in [-0.3, -0.25) is 9.69 Å². The van der Waals surface area contributed by atoms with Crippen LogP contribution in [0.25, 0.3) is 0 Å². The standard InChI is InChI=1S/C19H35N3O/c1-14-9-15(2)12-22(11-14)18(3,4)13-21-17(23)16-10-19(16)5-7-20-8-6-19/h14-16,20H,5-13H2,1-4H3,(H,21,23). The SMILES string of the molecule is CC1CC(C)CN(C(C)(C)CNC(=O)C2CC23CCNCC3)C1. The van der Waals surface area contributed by atoms with E-state index in [1.54, 1.807) is 0 Å². The maximum absolute atomic E-state index is 12.6. The molecule has 3 atom stereocenters. The predicted molar refractivity (Wildman–Crippen MR) is 94.3 cm³/mol. The molecule has 3 fully saturated rings. The molecule has 3 unspecified atom stereocenters. The summed E-state index contributed by atoms with van der Waals surface area (Å²) in [6.45, 7) is 14.5. The molecule has 2 heterocycles. The summed E-state index contributed by atoms with van der Waals surface area (Å²) in [5.74, 6) is 2.10. The fraction of sp³-hybridized carbons (Fsp3) is 0.947. The van der Waals surface area contributed by atoms with E-state index in [2.05, 4.69) is 43.2 Å². The van der Waals surface area contributed by atoms with Crippen LogP contribution in [0.5, 0.6) is 0 Å². The minimum Gasteiger partial charge on any atom is -0.354 e. The molecule has 0 radical (unpaired) electrons. The highest BCUT2D eigenvalue weighted by Gasteiger charge is 2.57. The number of nitrogens with one attached hydrogen (secondary N) is 2. The van der Waals surface area contributed by atoms with Crippen molar-refractivity contribution in [2.45, 2.75) is 58.9 Å². The van der Waals surface area contributed by atoms with Gasteiger partial charge >= 0.3 is 0 Å². The molecule has 3 rings (SSSR count). The summed E-state index contributed by atoms with van der Waals surface area (Å²) in [7, 11) is 0. The molecular formula is C19H35N3O. The zero-order valence-electron chi connectivity index (χ0n) is 15.5. The average molecular weight is 322 g/mol. The Morgan fingerprint density at radius 2 is 1.83 bits per heavy atom. The molecule has 0 aromatic heterocycles. The highest BCUT2D eigenvalue weighted by molar-refractivity contribution is 5.82. The monoisotopic (exact) mass is 321 g/mol. The third-order valence-corrected chi connectivity index (χ3v) is 6.53. The van der Waals surface area contributed by atoms with Crippen LogP contribution in [0.3, 0.4) is 0 Å². The molecule has 2 aliphatic heterocycles. The summed E-state index contributed by atoms with van der Waals surface area (Å²) in [6, 6.07) is 0. The second-order valence-electron chi connectivity index (χ2n) is 9.25. The smallest absolute Gasteiger partial charge is 0.223 e. The third-order valence-electron chi connectivity index (χ3n) is 6.53. The number of amides is 1. The fourth-order valence-electron chi connectivity index (χ4n) is 4.89. The lowest BCUT2D eigenvalue weighted by atomic mass is 9.88. The molecule has 3 aliphatic rings. The Hall–Kier alpha value is -0.610. The Morgan fingerprint density at radius 3 is 2.43 bits per heavy atom. The van der Waals surface area contributed by atoms with Gasteiger partial charge in [0.05, 0.1) is 0 Å². The van der Waals surface area contributed by atoms with E-state index in [0.717, 1.165) is 51.0 Å². The first kappa shape index (κ1) is 17.2. The molecule has 4 heteroatoms. The summed E-state index contributed by atoms with van der Waals surface area (Å²) >= 11 is 0. The van der Waals surface area contributed by atoms with Crippen molar-refractivity contribution in [3.8, 4) is 0 Å². The van der Waals surface area contributed by atoms with Crippen LogP contribution in [-0.2, 0) is 4.79 Å². The number of hydrogen-bond donors (Lipinski definition) is 2. The molecule has 0 aromatic carbocycles. The van der Waals surface area contributed by atoms with E-state index in [4.69, 9.17) is 0 Å². The summed E-state index contributed by atoms with van der Waals surface area (Å²) in [5.41, 5.74) is 0.391. The van der Waals surface area contributed by atoms with Crippen molar-refractivity contribution in [2.24, 2.45) is 23.2 Å². The summed E-state index contributed by atoms with van der Waals surface area (Å²) in [6.07, 6.45) is 4.79. The number of carbonyl (C=O) groups excluding carboxylic acids is 1. The van der Waals surface area contributed by atoms with Gasteiger partial charge < -0.3 is 10.6 Å². The van der Waals surface area contributed by atoms with Crippen molar-refractivity contribution < 1.29 is 4.79 Å². The van der Waals surface area contributed by atoms with Crippen molar-refractivity contribution in [3.63, 3.8) is 0 Å². The van der Waals surface area contributed by atoms with Crippen LogP contribution in [0, 0.1) is 23.2 Å². The molecule has 2 saturated heterocycles. The normalized spacial score (nSPS) is 34.3. The quantitative estimate of drug-likeness (QED) is 0.835. The van der Waals surface area contributed by atoms with E-state index < -0.39 is 0 Å². The number of likely N-dealkylation sites (tertiary alicyclic amines) is 1. The Bertz CT molecular complexity index is 432. The third kappa shape index (κ3) is 3.74. The van der Waals surface area contributed by atoms with E-state index in [1.165, 1.54) is 19.3 Å². The number of rotatable bonds is 4. The molecular weight excluding hydrogens is 286 g/mol. The van der Waals surface area contributed by atoms with E-state index in [-0.39, 0.29) is 11.5 Å². The minimum atomic E-state index is 0.0504. The first-order valence-corrected chi connectivity index (χ1v) is 9.56. The average Bonchev–Trinajstić information content (AvgIpc) is 3.18. The molecule has 23 heavy (non-hydrogen) atoms. The molecule has 0 bridgehead atoms. The van der Waals surface area contributed by atoms with Crippen molar-refractivity contribution in [2.75, 3.05) is 32.7 Å². The van der Waals surface area contributed by atoms with Gasteiger partial charge in [-0.1, -0.05) is 13.8 Å². The van der Waals surface area contributed by atoms with Gasteiger partial charge in [0, 0.05) is 31.1 Å². The Balaban J connectivity index is 1.50. The topological polar surface area (TPSA) is 44.4 Å². The first-order chi connectivity index (χ1) is 10.8. The highest BCUT2D eigenvalue weighted by atomic mass is 16.2. The largest absolute Gasteiger partial charge is 0.354 e. The molecule has 0 aromatic rings. The molecule has 1 spiro atoms. The van der Waals surface area contributed by atoms with Crippen LogP contribution in [-0.4, -0.2) is 49.1 Å². The molecule has 132 valence electrons. The van der Waals surface area contributed by atoms with Gasteiger partial charge in [0.1, 0.15) is 0 Å². The van der Waals surface area contributed by atoms with Gasteiger partial charge in [-0.15, -0.1) is 0 Å². The lowest BCUT2D eigenvalue weighted by molar-refractivity contribution is -0.124. The van der Waals surface area contributed by atoms with Gasteiger partial charge in [0.25, 0.3) is 0 Å². The van der Waals surface area contributed by atoms with Crippen molar-refractivity contribution in [3.05, 3.63) is 0 Å². The van der Waals surface area contributed by atoms with E-state index in [9.17, 15) is 4.79 Å². The zero-order chi connectivity index (χ0) is 16.7. The molecule has 1 amide bonds. The lowest BCUT2D eigenvalue weighted by Gasteiger charge is -2.45. The summed E-state index contributed by atoms with van der Waals surface area (Å²) < 4.78 is 0. The maximum atomic E-state index is 12.6. The van der Waals surface area contributed by atoms with Crippen LogP contribution in [0.1, 0.15) is 53.4 Å². The fourth-order valence-corrected chi connectivity index (χ4v) is 4.89. The van der Waals surface area contributed by atoms with Gasteiger partial charge in [-0.25, -0.2) is 0 Å². The Kier molecular flexibility index (Phi) is 4.76. The van der Waals surface area contributed by atoms with Crippen molar-refractivity contribution in [1.82, 2.24) is 15.5 Å². The lowest BCUT2D eigenvalue weighted by Crippen LogP contribution is -2.56. The van der Waals surface area contributed by atoms with E-state index in [1.807, 2.05) is 0 Å². The summed E-state index contributed by atoms with van der Waals surface area (Å²) in [5, 5.41) is 6.69. The Labute approximate surface area is 141 Å². The van der Waals surface area contributed by atoms with Crippen molar-refractivity contribution in [1.29, 1.82) is 0 Å². The van der Waals surface area contributed by atoms with Crippen LogP contribution in [0.15, 0.2) is 0 Å². The maximum Gasteiger partial charge on any atom is 0.223 e. The predicted octanol–water partition coefficient (Wildman–Crippen LogP) is 2.25.